The number of methoxy groups -OCH3 is 2. The number of hydrogen-bond acceptors (Lipinski definition) is 16. The van der Waals surface area contributed by atoms with Gasteiger partial charge in [-0.05, 0) is 73.3 Å². The molecule has 2 saturated heterocycles. The Balaban J connectivity index is 1.37. The summed E-state index contributed by atoms with van der Waals surface area (Å²) in [5.74, 6) is -3.99. The number of piperidine rings is 2. The molecule has 0 unspecified atom stereocenters. The summed E-state index contributed by atoms with van der Waals surface area (Å²) in [6.45, 7) is 16.9. The minimum atomic E-state index is -0.843. The van der Waals surface area contributed by atoms with Crippen LogP contribution in [0.5, 0.6) is 0 Å². The Kier molecular flexibility index (Phi) is 18.1. The van der Waals surface area contributed by atoms with Crippen LogP contribution in [-0.4, -0.2) is 111 Å². The van der Waals surface area contributed by atoms with E-state index in [1.54, 1.807) is 0 Å². The van der Waals surface area contributed by atoms with E-state index in [2.05, 4.69) is 13.2 Å². The number of allylic oxidation sites excluding steroid dienone is 2. The summed E-state index contributed by atoms with van der Waals surface area (Å²) < 4.78 is 32.3. The Bertz CT molecular complexity index is 1920. The Morgan fingerprint density at radius 3 is 1.25 bits per heavy atom. The van der Waals surface area contributed by atoms with Crippen LogP contribution in [0.15, 0.2) is 70.1 Å². The van der Waals surface area contributed by atoms with Crippen molar-refractivity contribution in [2.75, 3.05) is 53.6 Å². The lowest BCUT2D eigenvalue weighted by Crippen LogP contribution is -2.41. The highest BCUT2D eigenvalue weighted by Gasteiger charge is 2.42. The highest BCUT2D eigenvalue weighted by atomic mass is 16.6. The zero-order chi connectivity index (χ0) is 47.2. The highest BCUT2D eigenvalue weighted by Crippen LogP contribution is 2.47. The van der Waals surface area contributed by atoms with Crippen LogP contribution in [0, 0.1) is 33.5 Å². The molecule has 0 amide bonds. The molecule has 0 aromatic heterocycles. The average molecular weight is 887 g/mol. The van der Waals surface area contributed by atoms with Gasteiger partial charge >= 0.3 is 35.8 Å². The smallest absolute Gasteiger partial charge is 0.349 e. The van der Waals surface area contributed by atoms with Gasteiger partial charge in [-0.15, -0.1) is 0 Å². The van der Waals surface area contributed by atoms with Crippen molar-refractivity contribution in [2.45, 2.75) is 117 Å². The lowest BCUT2D eigenvalue weighted by molar-refractivity contribution is -0.145. The number of nitrogens with zero attached hydrogens (tertiary/aromatic N) is 4. The van der Waals surface area contributed by atoms with E-state index in [1.165, 1.54) is 14.2 Å². The fourth-order valence-electron chi connectivity index (χ4n) is 8.76. The van der Waals surface area contributed by atoms with Gasteiger partial charge in [0.05, 0.1) is 38.6 Å². The predicted octanol–water partition coefficient (Wildman–Crippen LogP) is 6.15. The van der Waals surface area contributed by atoms with Crippen molar-refractivity contribution < 1.29 is 57.2 Å². The number of likely N-dealkylation sites (tertiary alicyclic amines) is 2. The molecule has 0 bridgehead atoms. The van der Waals surface area contributed by atoms with E-state index in [1.807, 2.05) is 49.6 Å². The van der Waals surface area contributed by atoms with Gasteiger partial charge in [0.2, 0.25) is 0 Å². The molecule has 4 rings (SSSR count). The van der Waals surface area contributed by atoms with E-state index in [-0.39, 0.29) is 71.7 Å². The molecule has 16 nitrogen and oxygen atoms in total. The van der Waals surface area contributed by atoms with Crippen molar-refractivity contribution in [3.63, 3.8) is 0 Å². The summed E-state index contributed by atoms with van der Waals surface area (Å²) in [5.41, 5.74) is 0.893. The molecule has 2 aliphatic carbocycles. The van der Waals surface area contributed by atoms with Crippen LogP contribution >= 0.6 is 0 Å². The monoisotopic (exact) mass is 886 g/mol. The topological polar surface area (TPSA) is 212 Å². The first-order chi connectivity index (χ1) is 30.4. The summed E-state index contributed by atoms with van der Waals surface area (Å²) >= 11 is 0. The van der Waals surface area contributed by atoms with Crippen LogP contribution < -0.4 is 0 Å². The maximum Gasteiger partial charge on any atom is 0.349 e. The molecule has 64 heavy (non-hydrogen) atoms. The molecular formula is C48H62N4O12. The van der Waals surface area contributed by atoms with E-state index < -0.39 is 46.6 Å². The van der Waals surface area contributed by atoms with Crippen molar-refractivity contribution in [2.24, 2.45) is 10.8 Å². The van der Waals surface area contributed by atoms with Crippen LogP contribution in [0.25, 0.3) is 0 Å². The molecule has 0 N–H and O–H groups in total. The Labute approximate surface area is 376 Å². The van der Waals surface area contributed by atoms with Crippen LogP contribution in [0.4, 0.5) is 0 Å². The maximum atomic E-state index is 13.4. The van der Waals surface area contributed by atoms with E-state index in [0.717, 1.165) is 12.2 Å². The van der Waals surface area contributed by atoms with Gasteiger partial charge in [-0.1, -0.05) is 40.9 Å². The Morgan fingerprint density at radius 2 is 0.953 bits per heavy atom. The van der Waals surface area contributed by atoms with Gasteiger partial charge in [-0.3, -0.25) is 0 Å². The molecule has 2 fully saturated rings. The number of carbonyl (C=O) groups is 6. The Morgan fingerprint density at radius 1 is 0.609 bits per heavy atom. The zero-order valence-electron chi connectivity index (χ0n) is 38.1. The second-order valence-electron chi connectivity index (χ2n) is 17.9. The summed E-state index contributed by atoms with van der Waals surface area (Å²) in [6, 6.07) is 3.99. The van der Waals surface area contributed by atoms with Crippen LogP contribution in [-0.2, 0) is 57.2 Å². The normalized spacial score (nSPS) is 20.4. The van der Waals surface area contributed by atoms with Crippen molar-refractivity contribution in [1.82, 2.24) is 9.80 Å². The molecule has 0 spiro atoms. The second kappa shape index (κ2) is 23.0. The summed E-state index contributed by atoms with van der Waals surface area (Å²) in [7, 11) is 2.50. The predicted molar refractivity (Wildman–Crippen MR) is 232 cm³/mol. The number of carbonyl (C=O) groups excluding carboxylic acids is 6. The number of rotatable bonds is 17. The summed E-state index contributed by atoms with van der Waals surface area (Å²) in [4.78, 5) is 81.1. The third kappa shape index (κ3) is 13.2. The van der Waals surface area contributed by atoms with Crippen molar-refractivity contribution in [3.05, 3.63) is 70.1 Å². The van der Waals surface area contributed by atoms with Gasteiger partial charge in [0.15, 0.2) is 0 Å². The van der Waals surface area contributed by atoms with Crippen LogP contribution in [0.3, 0.4) is 0 Å². The zero-order valence-corrected chi connectivity index (χ0v) is 38.1. The van der Waals surface area contributed by atoms with Gasteiger partial charge in [0, 0.05) is 75.4 Å². The highest BCUT2D eigenvalue weighted by molar-refractivity contribution is 6.02. The van der Waals surface area contributed by atoms with Gasteiger partial charge < -0.3 is 38.2 Å². The number of esters is 6. The second-order valence-corrected chi connectivity index (χ2v) is 17.9. The molecule has 4 aliphatic rings. The van der Waals surface area contributed by atoms with E-state index in [4.69, 9.17) is 28.4 Å². The first kappa shape index (κ1) is 50.5. The van der Waals surface area contributed by atoms with Crippen molar-refractivity contribution in [3.8, 4) is 12.1 Å². The molecule has 346 valence electrons. The number of unbranched alkanes of at least 4 members (excludes halogenated alkanes) is 3. The molecule has 0 aromatic carbocycles. The number of ether oxygens (including phenoxy) is 6. The molecule has 2 aliphatic heterocycles. The van der Waals surface area contributed by atoms with Gasteiger partial charge in [0.1, 0.15) is 35.5 Å². The molecule has 0 saturated carbocycles. The average Bonchev–Trinajstić information content (AvgIpc) is 3.26. The lowest BCUT2D eigenvalue weighted by Gasteiger charge is -2.42. The summed E-state index contributed by atoms with van der Waals surface area (Å²) in [5, 5.41) is 20.5. The Hall–Kier alpha value is -6.16. The standard InChI is InChI=1S/C48H62N4O12/c1-9-39(53)63-31-15-19-51(20-16-31)37-27-47(3,4)25-33(41(37)45(57)59-7)35(29-49)43(55)61-23-13-11-12-14-24-62-44(56)36(30-50)34-26-48(5,6)28-38(42(34)46(58)60-8)52-21-17-32(18-22-52)64-40(54)10-2/h9-10,31-32H,1-2,11-28H2,3-8H3/b35-33+,36-34+. The minimum Gasteiger partial charge on any atom is -0.465 e. The summed E-state index contributed by atoms with van der Waals surface area (Å²) in [6.07, 6.45) is 7.38. The van der Waals surface area contributed by atoms with Gasteiger partial charge in [-0.2, -0.15) is 10.5 Å². The number of hydrogen-bond donors (Lipinski definition) is 0. The van der Waals surface area contributed by atoms with Crippen LogP contribution in [0.1, 0.15) is 105 Å². The number of nitriles is 2. The molecule has 16 heteroatoms. The molecule has 0 aromatic rings. The molecular weight excluding hydrogens is 825 g/mol. The van der Waals surface area contributed by atoms with Crippen molar-refractivity contribution >= 4 is 35.8 Å². The van der Waals surface area contributed by atoms with Gasteiger partial charge in [0.25, 0.3) is 0 Å². The fourth-order valence-corrected chi connectivity index (χ4v) is 8.76. The quantitative estimate of drug-likeness (QED) is 0.0526. The largest absolute Gasteiger partial charge is 0.465 e. The first-order valence-corrected chi connectivity index (χ1v) is 21.8. The molecule has 0 atom stereocenters. The maximum absolute atomic E-state index is 13.4. The first-order valence-electron chi connectivity index (χ1n) is 21.8. The lowest BCUT2D eigenvalue weighted by atomic mass is 9.72. The minimum absolute atomic E-state index is 0.00459. The van der Waals surface area contributed by atoms with Gasteiger partial charge in [-0.25, -0.2) is 28.8 Å². The SMILES string of the molecule is C=CC(=O)OC1CCN(C2=C(C(=O)OC)/C(=C(\C#N)C(=O)OCCCCCCOC(=O)/C(C#N)=C3\CC(C)(C)CC(N4CCC(OC(=O)C=C)CC4)=C3C(=O)OC)CC(C)(C)C2)CC1. The van der Waals surface area contributed by atoms with E-state index in [9.17, 15) is 39.3 Å². The van der Waals surface area contributed by atoms with E-state index in [0.29, 0.717) is 102 Å². The third-order valence-corrected chi connectivity index (χ3v) is 11.8. The molecule has 0 radical (unpaired) electrons. The van der Waals surface area contributed by atoms with Crippen LogP contribution in [0.2, 0.25) is 0 Å². The van der Waals surface area contributed by atoms with E-state index >= 15 is 0 Å². The molecule has 2 heterocycles. The third-order valence-electron chi connectivity index (χ3n) is 11.8. The van der Waals surface area contributed by atoms with Crippen molar-refractivity contribution in [1.29, 1.82) is 10.5 Å². The fraction of sp³-hybridized carbons (Fsp3) is 0.583.